The van der Waals surface area contributed by atoms with Gasteiger partial charge in [0.25, 0.3) is 0 Å². The third kappa shape index (κ3) is 2.40. The number of hydrogen-bond donors (Lipinski definition) is 2. The summed E-state index contributed by atoms with van der Waals surface area (Å²) in [6.07, 6.45) is -1.83. The van der Waals surface area contributed by atoms with Gasteiger partial charge in [0.2, 0.25) is 0 Å². The maximum absolute atomic E-state index is 12.5. The van der Waals surface area contributed by atoms with E-state index in [0.29, 0.717) is 22.0 Å². The van der Waals surface area contributed by atoms with Gasteiger partial charge in [-0.3, -0.25) is 5.84 Å². The number of alkyl halides is 3. The normalized spacial score (nSPS) is 13.8. The molecule has 0 saturated carbocycles. The molecule has 3 N–H and O–H groups in total. The van der Waals surface area contributed by atoms with Gasteiger partial charge < -0.3 is 4.42 Å². The quantitative estimate of drug-likeness (QED) is 0.668. The summed E-state index contributed by atoms with van der Waals surface area (Å²) in [5.74, 6) is 5.85. The third-order valence-corrected chi connectivity index (χ3v) is 3.49. The second-order valence-corrected chi connectivity index (χ2v) is 4.70. The highest BCUT2D eigenvalue weighted by Crippen LogP contribution is 2.36. The Hall–Kier alpha value is -1.38. The number of nitrogens with one attached hydrogen (secondary N) is 1. The maximum Gasteiger partial charge on any atom is 0.443 e. The minimum atomic E-state index is -4.44. The summed E-state index contributed by atoms with van der Waals surface area (Å²) >= 11 is 0.541. The molecule has 1 unspecified atom stereocenters. The van der Waals surface area contributed by atoms with Crippen LogP contribution in [0.5, 0.6) is 0 Å². The summed E-state index contributed by atoms with van der Waals surface area (Å²) in [4.78, 5) is 3.70. The number of rotatable bonds is 3. The molecular formula is C10H10F3N3OS. The van der Waals surface area contributed by atoms with E-state index in [2.05, 4.69) is 10.4 Å². The fourth-order valence-electron chi connectivity index (χ4n) is 1.52. The number of hydrazine groups is 1. The van der Waals surface area contributed by atoms with Gasteiger partial charge in [-0.2, -0.15) is 13.2 Å². The molecule has 0 saturated heterocycles. The lowest BCUT2D eigenvalue weighted by molar-refractivity contribution is -0.137. The van der Waals surface area contributed by atoms with Crippen LogP contribution in [0.4, 0.5) is 13.2 Å². The highest BCUT2D eigenvalue weighted by atomic mass is 32.1. The summed E-state index contributed by atoms with van der Waals surface area (Å²) < 4.78 is 42.6. The van der Waals surface area contributed by atoms with Crippen molar-refractivity contribution in [2.45, 2.75) is 19.1 Å². The minimum absolute atomic E-state index is 0.350. The molecule has 2 heterocycles. The molecule has 0 spiro atoms. The molecule has 0 amide bonds. The van der Waals surface area contributed by atoms with Gasteiger partial charge in [0, 0.05) is 6.20 Å². The Morgan fingerprint density at radius 1 is 1.50 bits per heavy atom. The first-order valence-corrected chi connectivity index (χ1v) is 5.78. The zero-order chi connectivity index (χ0) is 13.3. The molecule has 4 nitrogen and oxygen atoms in total. The number of nitrogens with two attached hydrogens (primary N) is 1. The summed E-state index contributed by atoms with van der Waals surface area (Å²) in [5.41, 5.74) is 3.24. The maximum atomic E-state index is 12.5. The smallest absolute Gasteiger partial charge is 0.443 e. The molecule has 0 aliphatic rings. The van der Waals surface area contributed by atoms with Crippen molar-refractivity contribution in [3.8, 4) is 0 Å². The highest BCUT2D eigenvalue weighted by molar-refractivity contribution is 7.11. The largest absolute Gasteiger partial charge is 0.467 e. The van der Waals surface area contributed by atoms with E-state index in [-0.39, 0.29) is 0 Å². The van der Waals surface area contributed by atoms with Crippen molar-refractivity contribution in [2.75, 3.05) is 0 Å². The van der Waals surface area contributed by atoms with E-state index < -0.39 is 17.2 Å². The minimum Gasteiger partial charge on any atom is -0.467 e. The number of aromatic nitrogens is 1. The van der Waals surface area contributed by atoms with Crippen LogP contribution in [-0.2, 0) is 6.18 Å². The molecule has 8 heteroatoms. The molecule has 0 bridgehead atoms. The number of aryl methyl sites for hydroxylation is 1. The molecule has 2 aromatic heterocycles. The molecule has 18 heavy (non-hydrogen) atoms. The summed E-state index contributed by atoms with van der Waals surface area (Å²) in [6, 6.07) is 1.08. The van der Waals surface area contributed by atoms with Gasteiger partial charge >= 0.3 is 6.18 Å². The van der Waals surface area contributed by atoms with Crippen molar-refractivity contribution >= 4 is 11.3 Å². The number of halogens is 3. The van der Waals surface area contributed by atoms with Crippen LogP contribution >= 0.6 is 11.3 Å². The van der Waals surface area contributed by atoms with Gasteiger partial charge in [0.1, 0.15) is 11.8 Å². The first-order valence-electron chi connectivity index (χ1n) is 4.96. The summed E-state index contributed by atoms with van der Waals surface area (Å²) in [5, 5.41) is -0.901. The summed E-state index contributed by atoms with van der Waals surface area (Å²) in [6.45, 7) is 1.79. The van der Waals surface area contributed by atoms with Crippen LogP contribution in [0.15, 0.2) is 22.9 Å². The lowest BCUT2D eigenvalue weighted by Gasteiger charge is -2.11. The number of furan rings is 1. The standard InChI is InChI=1S/C10H10F3N3OS/c1-5-2-3-17-8(5)7(16-14)6-4-15-9(18-6)10(11,12)13/h2-4,7,16H,14H2,1H3. The van der Waals surface area contributed by atoms with E-state index in [9.17, 15) is 13.2 Å². The van der Waals surface area contributed by atoms with E-state index in [4.69, 9.17) is 10.3 Å². The van der Waals surface area contributed by atoms with Crippen LogP contribution in [0.2, 0.25) is 0 Å². The van der Waals surface area contributed by atoms with Gasteiger partial charge in [-0.05, 0) is 18.6 Å². The lowest BCUT2D eigenvalue weighted by atomic mass is 10.1. The predicted molar refractivity (Wildman–Crippen MR) is 59.7 cm³/mol. The molecule has 0 aliphatic carbocycles. The second kappa shape index (κ2) is 4.71. The van der Waals surface area contributed by atoms with Crippen molar-refractivity contribution in [3.05, 3.63) is 39.7 Å². The highest BCUT2D eigenvalue weighted by Gasteiger charge is 2.35. The zero-order valence-corrected chi connectivity index (χ0v) is 10.1. The first-order chi connectivity index (χ1) is 8.43. The average Bonchev–Trinajstić information content (AvgIpc) is 2.89. The lowest BCUT2D eigenvalue weighted by Crippen LogP contribution is -2.28. The molecule has 2 aromatic rings. The van der Waals surface area contributed by atoms with Gasteiger partial charge in [0.15, 0.2) is 5.01 Å². The molecular weight excluding hydrogens is 267 g/mol. The zero-order valence-electron chi connectivity index (χ0n) is 9.28. The topological polar surface area (TPSA) is 64.1 Å². The predicted octanol–water partition coefficient (Wildman–Crippen LogP) is 2.62. The fourth-order valence-corrected chi connectivity index (χ4v) is 2.36. The van der Waals surface area contributed by atoms with Crippen LogP contribution in [-0.4, -0.2) is 4.98 Å². The molecule has 0 radical (unpaired) electrons. The van der Waals surface area contributed by atoms with E-state index in [1.807, 2.05) is 0 Å². The van der Waals surface area contributed by atoms with Gasteiger partial charge in [0.05, 0.1) is 11.1 Å². The van der Waals surface area contributed by atoms with Crippen molar-refractivity contribution in [1.82, 2.24) is 10.4 Å². The van der Waals surface area contributed by atoms with Crippen LogP contribution in [0, 0.1) is 6.92 Å². The number of thiazole rings is 1. The van der Waals surface area contributed by atoms with E-state index in [1.165, 1.54) is 6.26 Å². The Bertz CT molecular complexity index is 534. The monoisotopic (exact) mass is 277 g/mol. The Balaban J connectivity index is 2.35. The third-order valence-electron chi connectivity index (χ3n) is 2.38. The number of nitrogens with zero attached hydrogens (tertiary/aromatic N) is 1. The van der Waals surface area contributed by atoms with Crippen molar-refractivity contribution < 1.29 is 17.6 Å². The van der Waals surface area contributed by atoms with Gasteiger partial charge in [-0.25, -0.2) is 10.4 Å². The Morgan fingerprint density at radius 3 is 2.67 bits per heavy atom. The van der Waals surface area contributed by atoms with Crippen LogP contribution in [0.3, 0.4) is 0 Å². The van der Waals surface area contributed by atoms with Crippen molar-refractivity contribution in [3.63, 3.8) is 0 Å². The SMILES string of the molecule is Cc1ccoc1C(NN)c1cnc(C(F)(F)F)s1. The molecule has 0 aromatic carbocycles. The Kier molecular flexibility index (Phi) is 3.42. The Morgan fingerprint density at radius 2 is 2.22 bits per heavy atom. The Labute approximate surface area is 105 Å². The van der Waals surface area contributed by atoms with Gasteiger partial charge in [-0.1, -0.05) is 0 Å². The molecule has 98 valence electrons. The van der Waals surface area contributed by atoms with Crippen LogP contribution in [0.25, 0.3) is 0 Å². The molecule has 0 aliphatic heterocycles. The first kappa shape index (κ1) is 13.1. The van der Waals surface area contributed by atoms with Crippen LogP contribution in [0.1, 0.15) is 27.3 Å². The molecule has 1 atom stereocenters. The fraction of sp³-hybridized carbons (Fsp3) is 0.300. The average molecular weight is 277 g/mol. The number of hydrogen-bond acceptors (Lipinski definition) is 5. The van der Waals surface area contributed by atoms with Gasteiger partial charge in [-0.15, -0.1) is 11.3 Å². The van der Waals surface area contributed by atoms with Crippen molar-refractivity contribution in [1.29, 1.82) is 0 Å². The van der Waals surface area contributed by atoms with E-state index >= 15 is 0 Å². The van der Waals surface area contributed by atoms with Crippen molar-refractivity contribution in [2.24, 2.45) is 5.84 Å². The molecule has 2 rings (SSSR count). The van der Waals surface area contributed by atoms with E-state index in [1.54, 1.807) is 13.0 Å². The van der Waals surface area contributed by atoms with E-state index in [0.717, 1.165) is 11.8 Å². The second-order valence-electron chi connectivity index (χ2n) is 3.63. The molecule has 0 fully saturated rings. The van der Waals surface area contributed by atoms with Crippen LogP contribution < -0.4 is 11.3 Å². The summed E-state index contributed by atoms with van der Waals surface area (Å²) in [7, 11) is 0.